The van der Waals surface area contributed by atoms with Crippen molar-refractivity contribution in [3.8, 4) is 5.75 Å². The minimum absolute atomic E-state index is 0.0392. The molecule has 0 spiro atoms. The van der Waals surface area contributed by atoms with Crippen molar-refractivity contribution in [2.75, 3.05) is 39.5 Å². The van der Waals surface area contributed by atoms with Crippen LogP contribution in [0.4, 0.5) is 18.4 Å². The predicted molar refractivity (Wildman–Crippen MR) is 178 cm³/mol. The van der Waals surface area contributed by atoms with Crippen LogP contribution in [0, 0.1) is 18.8 Å². The molecule has 1 heterocycles. The molecular formula is C32H44F2IN5O5. The number of hydrogen-bond acceptors (Lipinski definition) is 7. The Bertz CT molecular complexity index is 1400. The molecule has 0 unspecified atom stereocenters. The van der Waals surface area contributed by atoms with Crippen molar-refractivity contribution in [3.05, 3.63) is 73.1 Å². The molecule has 13 heteroatoms. The van der Waals surface area contributed by atoms with Gasteiger partial charge < -0.3 is 0 Å². The van der Waals surface area contributed by atoms with E-state index in [1.54, 1.807) is 89.6 Å². The SMILES string of the molecule is C=C1N(C)CN(C(=NC(=O)OC(C)(C)C)N(Cc2cc(F)c(I(C)c3ccc(OC)cc3)c(F)c2)C(=O)OC(C)(C)C)CN1C. The summed E-state index contributed by atoms with van der Waals surface area (Å²) in [5.41, 5.74) is -1.63. The summed E-state index contributed by atoms with van der Waals surface area (Å²) in [6.45, 7) is 14.3. The first-order valence-corrected chi connectivity index (χ1v) is 18.5. The van der Waals surface area contributed by atoms with Crippen LogP contribution in [0.3, 0.4) is 0 Å². The number of rotatable bonds is 5. The summed E-state index contributed by atoms with van der Waals surface area (Å²) < 4.78 is 48.7. The number of carbonyl (C=O) groups is 2. The van der Waals surface area contributed by atoms with Gasteiger partial charge in [0.15, 0.2) is 0 Å². The van der Waals surface area contributed by atoms with Crippen molar-refractivity contribution < 1.29 is 32.6 Å². The van der Waals surface area contributed by atoms with E-state index < -0.39 is 54.8 Å². The topological polar surface area (TPSA) is 87.2 Å². The van der Waals surface area contributed by atoms with Crippen LogP contribution in [0.1, 0.15) is 47.1 Å². The Kier molecular flexibility index (Phi) is 11.3. The van der Waals surface area contributed by atoms with Crippen LogP contribution in [0.2, 0.25) is 0 Å². The molecule has 0 N–H and O–H groups in total. The molecule has 0 bridgehead atoms. The third-order valence-corrected chi connectivity index (χ3v) is 11.7. The Labute approximate surface area is 272 Å². The van der Waals surface area contributed by atoms with Gasteiger partial charge in [-0.05, 0) is 0 Å². The summed E-state index contributed by atoms with van der Waals surface area (Å²) in [6.07, 6.45) is -1.79. The monoisotopic (exact) mass is 743 g/mol. The van der Waals surface area contributed by atoms with Gasteiger partial charge in [-0.1, -0.05) is 0 Å². The van der Waals surface area contributed by atoms with Crippen molar-refractivity contribution in [2.24, 2.45) is 4.99 Å². The van der Waals surface area contributed by atoms with Crippen molar-refractivity contribution in [3.63, 3.8) is 0 Å². The van der Waals surface area contributed by atoms with Crippen LogP contribution in [0.15, 0.2) is 53.8 Å². The van der Waals surface area contributed by atoms with E-state index in [-0.39, 0.29) is 35.0 Å². The van der Waals surface area contributed by atoms with Crippen molar-refractivity contribution >= 4 is 38.0 Å². The first kappa shape index (κ1) is 35.9. The average molecular weight is 744 g/mol. The number of carbonyl (C=O) groups excluding carboxylic acids is 2. The first-order chi connectivity index (χ1) is 20.8. The van der Waals surface area contributed by atoms with Crippen molar-refractivity contribution in [2.45, 2.75) is 59.3 Å². The number of ether oxygens (including phenoxy) is 3. The van der Waals surface area contributed by atoms with Gasteiger partial charge in [-0.15, -0.1) is 0 Å². The normalized spacial score (nSPS) is 14.8. The van der Waals surface area contributed by atoms with Gasteiger partial charge in [0.2, 0.25) is 0 Å². The summed E-state index contributed by atoms with van der Waals surface area (Å²) in [5.74, 6) is -0.159. The standard InChI is InChI=1S/C32H44F2IN5O5/c1-21-37(9)19-39(20-38(21)10)28(36-29(41)44-31(2,3)4)40(30(42)45-32(5,6)7)18-22-16-25(33)27(26(34)17-22)35(8)23-12-14-24(43-11)15-13-23/h12-17H,1,18-20H2,2-11H3. The van der Waals surface area contributed by atoms with Crippen LogP contribution in [0.5, 0.6) is 5.75 Å². The number of nitrogens with zero attached hydrogens (tertiary/aromatic N) is 5. The van der Waals surface area contributed by atoms with E-state index in [1.807, 2.05) is 17.1 Å². The Morgan fingerprint density at radius 1 is 0.956 bits per heavy atom. The molecule has 0 aromatic heterocycles. The molecule has 0 aliphatic carbocycles. The van der Waals surface area contributed by atoms with E-state index in [4.69, 9.17) is 14.2 Å². The second kappa shape index (κ2) is 14.2. The molecular weight excluding hydrogens is 699 g/mol. The molecule has 2 aromatic rings. The summed E-state index contributed by atoms with van der Waals surface area (Å²) in [6, 6.07) is 9.61. The van der Waals surface area contributed by atoms with Crippen LogP contribution in [0.25, 0.3) is 0 Å². The van der Waals surface area contributed by atoms with Gasteiger partial charge in [0.25, 0.3) is 0 Å². The van der Waals surface area contributed by atoms with E-state index in [9.17, 15) is 9.59 Å². The fourth-order valence-electron chi connectivity index (χ4n) is 4.36. The molecule has 2 amide bonds. The Hall–Kier alpha value is -3.62. The fourth-order valence-corrected chi connectivity index (χ4v) is 8.28. The first-order valence-electron chi connectivity index (χ1n) is 14.2. The van der Waals surface area contributed by atoms with Gasteiger partial charge in [-0.25, -0.2) is 0 Å². The molecule has 0 saturated carbocycles. The molecule has 248 valence electrons. The Morgan fingerprint density at radius 2 is 1.47 bits per heavy atom. The zero-order valence-corrected chi connectivity index (χ0v) is 29.9. The average Bonchev–Trinajstić information content (AvgIpc) is 2.91. The van der Waals surface area contributed by atoms with Gasteiger partial charge in [-0.3, -0.25) is 0 Å². The maximum absolute atomic E-state index is 15.7. The number of guanidine groups is 1. The van der Waals surface area contributed by atoms with Crippen LogP contribution >= 0.6 is 19.8 Å². The molecule has 0 atom stereocenters. The molecule has 3 rings (SSSR count). The predicted octanol–water partition coefficient (Wildman–Crippen LogP) is 6.74. The van der Waals surface area contributed by atoms with Gasteiger partial charge in [-0.2, -0.15) is 0 Å². The molecule has 2 aromatic carbocycles. The van der Waals surface area contributed by atoms with Gasteiger partial charge >= 0.3 is 273 Å². The molecule has 0 radical (unpaired) electrons. The maximum atomic E-state index is 15.7. The summed E-state index contributed by atoms with van der Waals surface area (Å²) in [4.78, 5) is 39.2. The number of benzene rings is 2. The van der Waals surface area contributed by atoms with Crippen LogP contribution < -0.4 is 4.74 Å². The zero-order valence-electron chi connectivity index (χ0n) is 27.7. The quantitative estimate of drug-likeness (QED) is 0.110. The van der Waals surface area contributed by atoms with E-state index in [0.717, 1.165) is 8.47 Å². The summed E-state index contributed by atoms with van der Waals surface area (Å²) >= 11 is -2.47. The summed E-state index contributed by atoms with van der Waals surface area (Å²) in [5, 5.41) is 0. The molecule has 1 aliphatic rings. The number of alkyl halides is 1. The number of aliphatic imine (C=N–C) groups is 1. The number of methoxy groups -OCH3 is 1. The third kappa shape index (κ3) is 9.68. The number of halogens is 3. The molecule has 1 aliphatic heterocycles. The van der Waals surface area contributed by atoms with Crippen LogP contribution in [-0.2, 0) is 16.0 Å². The second-order valence-corrected chi connectivity index (χ2v) is 17.6. The summed E-state index contributed by atoms with van der Waals surface area (Å²) in [7, 11) is 5.15. The number of hydrogen-bond donors (Lipinski definition) is 0. The third-order valence-electron chi connectivity index (χ3n) is 6.41. The van der Waals surface area contributed by atoms with Gasteiger partial charge in [0, 0.05) is 0 Å². The van der Waals surface area contributed by atoms with E-state index in [2.05, 4.69) is 11.6 Å². The van der Waals surface area contributed by atoms with Gasteiger partial charge in [0.1, 0.15) is 0 Å². The Balaban J connectivity index is 2.09. The van der Waals surface area contributed by atoms with E-state index in [0.29, 0.717) is 11.6 Å². The molecule has 45 heavy (non-hydrogen) atoms. The second-order valence-electron chi connectivity index (χ2n) is 12.6. The van der Waals surface area contributed by atoms with E-state index >= 15 is 8.78 Å². The molecule has 10 nitrogen and oxygen atoms in total. The van der Waals surface area contributed by atoms with E-state index in [1.165, 1.54) is 12.1 Å². The molecule has 1 saturated heterocycles. The van der Waals surface area contributed by atoms with Crippen molar-refractivity contribution in [1.29, 1.82) is 0 Å². The fraction of sp³-hybridized carbons (Fsp3) is 0.469. The van der Waals surface area contributed by atoms with Gasteiger partial charge in [0.05, 0.1) is 0 Å². The number of amides is 2. The minimum atomic E-state index is -2.47. The van der Waals surface area contributed by atoms with Crippen molar-refractivity contribution in [1.82, 2.24) is 19.6 Å². The molecule has 1 fully saturated rings. The Morgan fingerprint density at radius 3 is 1.93 bits per heavy atom. The van der Waals surface area contributed by atoms with Crippen LogP contribution in [-0.4, -0.2) is 88.4 Å². The zero-order chi connectivity index (χ0) is 33.9.